The van der Waals surface area contributed by atoms with Crippen LogP contribution in [0.3, 0.4) is 0 Å². The van der Waals surface area contributed by atoms with Crippen molar-refractivity contribution >= 4 is 28.7 Å². The van der Waals surface area contributed by atoms with Crippen LogP contribution in [-0.4, -0.2) is 24.5 Å². The van der Waals surface area contributed by atoms with E-state index in [4.69, 9.17) is 17.0 Å². The van der Waals surface area contributed by atoms with E-state index in [9.17, 15) is 4.39 Å². The van der Waals surface area contributed by atoms with Gasteiger partial charge < -0.3 is 10.2 Å². The Morgan fingerprint density at radius 2 is 1.76 bits per heavy atom. The van der Waals surface area contributed by atoms with Crippen molar-refractivity contribution in [3.8, 4) is 10.4 Å². The van der Waals surface area contributed by atoms with Crippen molar-refractivity contribution in [2.45, 2.75) is 82.5 Å². The van der Waals surface area contributed by atoms with Crippen molar-refractivity contribution in [1.82, 2.24) is 4.98 Å². The Morgan fingerprint density at radius 3 is 2.46 bits per heavy atom. The molecule has 6 rings (SSSR count). The van der Waals surface area contributed by atoms with Gasteiger partial charge in [-0.1, -0.05) is 44.0 Å². The van der Waals surface area contributed by atoms with Gasteiger partial charge in [-0.25, -0.2) is 4.98 Å². The second-order valence-electron chi connectivity index (χ2n) is 12.4. The van der Waals surface area contributed by atoms with Crippen molar-refractivity contribution in [3.05, 3.63) is 77.1 Å². The first-order valence-corrected chi connectivity index (χ1v) is 16.4. The van der Waals surface area contributed by atoms with Crippen LogP contribution in [0.2, 0.25) is 0 Å². The standard InChI is InChI=1S/C35H43FN4S/c1-23(25-7-4-3-5-8-25)40(30-10-6-9-29(19-30)33-21-39-35(41-33)27-15-16-27)22-24-11-13-26(14-12-24)28-17-18-32(38-2)31(20-28)34(36)37/h6,9-10,17-21,24-27,37-38H,1,3-5,7-8,11-16,22H2,2H3. The van der Waals surface area contributed by atoms with Crippen LogP contribution < -0.4 is 10.2 Å². The minimum Gasteiger partial charge on any atom is -0.388 e. The molecule has 0 bridgehead atoms. The maximum absolute atomic E-state index is 13.9. The molecule has 216 valence electrons. The van der Waals surface area contributed by atoms with Gasteiger partial charge >= 0.3 is 0 Å². The highest BCUT2D eigenvalue weighted by molar-refractivity contribution is 7.15. The highest BCUT2D eigenvalue weighted by Crippen LogP contribution is 2.44. The molecule has 3 fully saturated rings. The summed E-state index contributed by atoms with van der Waals surface area (Å²) in [6.45, 7) is 5.72. The Labute approximate surface area is 248 Å². The van der Waals surface area contributed by atoms with Crippen LogP contribution in [0.5, 0.6) is 0 Å². The molecule has 1 heterocycles. The predicted molar refractivity (Wildman–Crippen MR) is 171 cm³/mol. The maximum Gasteiger partial charge on any atom is 0.214 e. The fourth-order valence-corrected chi connectivity index (χ4v) is 8.05. The second-order valence-corrected chi connectivity index (χ2v) is 13.5. The van der Waals surface area contributed by atoms with E-state index in [0.717, 1.165) is 37.8 Å². The SMILES string of the molecule is C=C(C1CCCCC1)N(CC1CCC(c2ccc(NC)c(C(=N)F)c2)CC1)c1cccc(-c2cnc(C3CC3)s2)c1. The molecule has 4 nitrogen and oxygen atoms in total. The average molecular weight is 571 g/mol. The highest BCUT2D eigenvalue weighted by atomic mass is 32.1. The van der Waals surface area contributed by atoms with Crippen LogP contribution in [0.15, 0.2) is 60.9 Å². The van der Waals surface area contributed by atoms with E-state index in [0.29, 0.717) is 34.9 Å². The lowest BCUT2D eigenvalue weighted by molar-refractivity contribution is 0.323. The molecule has 0 spiro atoms. The van der Waals surface area contributed by atoms with Crippen LogP contribution in [0.1, 0.15) is 98.6 Å². The molecule has 0 aliphatic heterocycles. The number of nitrogens with one attached hydrogen (secondary N) is 2. The quantitative estimate of drug-likeness (QED) is 0.239. The summed E-state index contributed by atoms with van der Waals surface area (Å²) < 4.78 is 13.9. The first-order chi connectivity index (χ1) is 20.0. The monoisotopic (exact) mass is 570 g/mol. The maximum atomic E-state index is 13.9. The second kappa shape index (κ2) is 12.5. The number of aromatic nitrogens is 1. The minimum absolute atomic E-state index is 0.368. The van der Waals surface area contributed by atoms with Crippen molar-refractivity contribution in [1.29, 1.82) is 5.41 Å². The smallest absolute Gasteiger partial charge is 0.214 e. The Bertz CT molecular complexity index is 1380. The molecule has 3 aromatic rings. The molecule has 0 atom stereocenters. The summed E-state index contributed by atoms with van der Waals surface area (Å²) in [6.07, 6.45) is 15.6. The molecule has 41 heavy (non-hydrogen) atoms. The highest BCUT2D eigenvalue weighted by Gasteiger charge is 2.29. The van der Waals surface area contributed by atoms with E-state index >= 15 is 0 Å². The lowest BCUT2D eigenvalue weighted by Gasteiger charge is -2.38. The van der Waals surface area contributed by atoms with Gasteiger partial charge in [-0.05, 0) is 105 Å². The van der Waals surface area contributed by atoms with Gasteiger partial charge in [-0.2, -0.15) is 4.39 Å². The fourth-order valence-electron chi connectivity index (χ4n) is 6.96. The fraction of sp³-hybridized carbons (Fsp3) is 0.486. The van der Waals surface area contributed by atoms with Gasteiger partial charge in [0.2, 0.25) is 5.97 Å². The van der Waals surface area contributed by atoms with Gasteiger partial charge in [0.25, 0.3) is 0 Å². The Balaban J connectivity index is 1.19. The number of hydrogen-bond donors (Lipinski definition) is 2. The van der Waals surface area contributed by atoms with Gasteiger partial charge in [0.1, 0.15) is 0 Å². The number of anilines is 2. The predicted octanol–water partition coefficient (Wildman–Crippen LogP) is 9.90. The first kappa shape index (κ1) is 28.1. The van der Waals surface area contributed by atoms with Crippen LogP contribution in [-0.2, 0) is 0 Å². The van der Waals surface area contributed by atoms with Gasteiger partial charge in [0.15, 0.2) is 0 Å². The summed E-state index contributed by atoms with van der Waals surface area (Å²) in [7, 11) is 1.78. The van der Waals surface area contributed by atoms with E-state index < -0.39 is 5.97 Å². The van der Waals surface area contributed by atoms with Crippen LogP contribution in [0, 0.1) is 17.2 Å². The normalized spacial score (nSPS) is 21.4. The minimum atomic E-state index is -0.869. The number of thiazole rings is 1. The van der Waals surface area contributed by atoms with E-state index in [-0.39, 0.29) is 0 Å². The van der Waals surface area contributed by atoms with Gasteiger partial charge in [0.05, 0.1) is 15.4 Å². The molecule has 2 aromatic carbocycles. The van der Waals surface area contributed by atoms with E-state index in [2.05, 4.69) is 46.7 Å². The molecule has 3 aliphatic rings. The molecule has 0 amide bonds. The van der Waals surface area contributed by atoms with Crippen LogP contribution >= 0.6 is 11.3 Å². The molecule has 6 heteroatoms. The van der Waals surface area contributed by atoms with E-state index in [1.807, 2.05) is 23.5 Å². The summed E-state index contributed by atoms with van der Waals surface area (Å²) in [4.78, 5) is 8.56. The topological polar surface area (TPSA) is 52.0 Å². The third-order valence-electron chi connectivity index (χ3n) is 9.62. The largest absolute Gasteiger partial charge is 0.388 e. The lowest BCUT2D eigenvalue weighted by Crippen LogP contribution is -2.33. The molecular formula is C35H43FN4S. The molecule has 0 saturated heterocycles. The third kappa shape index (κ3) is 6.43. The van der Waals surface area contributed by atoms with E-state index in [1.54, 1.807) is 7.05 Å². The number of allylic oxidation sites excluding steroid dienone is 1. The molecule has 2 N–H and O–H groups in total. The molecule has 1 aromatic heterocycles. The zero-order chi connectivity index (χ0) is 28.3. The molecule has 3 saturated carbocycles. The first-order valence-electron chi connectivity index (χ1n) is 15.6. The molecule has 0 unspecified atom stereocenters. The average Bonchev–Trinajstić information content (AvgIpc) is 3.75. The van der Waals surface area contributed by atoms with Crippen molar-refractivity contribution in [3.63, 3.8) is 0 Å². The Kier molecular flexibility index (Phi) is 8.57. The molecular weight excluding hydrogens is 527 g/mol. The van der Waals surface area contributed by atoms with Gasteiger partial charge in [-0.15, -0.1) is 11.3 Å². The zero-order valence-corrected chi connectivity index (χ0v) is 25.1. The van der Waals surface area contributed by atoms with Crippen molar-refractivity contribution < 1.29 is 4.39 Å². The third-order valence-corrected chi connectivity index (χ3v) is 10.8. The summed E-state index contributed by atoms with van der Waals surface area (Å²) >= 11 is 1.86. The number of rotatable bonds is 10. The van der Waals surface area contributed by atoms with Crippen molar-refractivity contribution in [2.24, 2.45) is 11.8 Å². The number of halogens is 1. The zero-order valence-electron chi connectivity index (χ0n) is 24.3. The summed E-state index contributed by atoms with van der Waals surface area (Å²) in [5.74, 6) is 1.39. The Morgan fingerprint density at radius 1 is 1.00 bits per heavy atom. The summed E-state index contributed by atoms with van der Waals surface area (Å²) in [5, 5.41) is 11.9. The van der Waals surface area contributed by atoms with Gasteiger partial charge in [0, 0.05) is 42.8 Å². The molecule has 3 aliphatic carbocycles. The number of hydrogen-bond acceptors (Lipinski definition) is 5. The van der Waals surface area contributed by atoms with E-state index in [1.165, 1.54) is 71.8 Å². The van der Waals surface area contributed by atoms with Crippen LogP contribution in [0.25, 0.3) is 10.4 Å². The summed E-state index contributed by atoms with van der Waals surface area (Å²) in [6, 6.07) is 15.0. The number of nitrogens with zero attached hydrogens (tertiary/aromatic N) is 2. The van der Waals surface area contributed by atoms with Crippen LogP contribution in [0.4, 0.5) is 15.8 Å². The summed E-state index contributed by atoms with van der Waals surface area (Å²) in [5.41, 5.74) is 6.02. The van der Waals surface area contributed by atoms with Gasteiger partial charge in [-0.3, -0.25) is 5.41 Å². The van der Waals surface area contributed by atoms with Crippen molar-refractivity contribution in [2.75, 3.05) is 23.8 Å². The Hall–Kier alpha value is -2.99. The number of benzene rings is 2. The molecule has 0 radical (unpaired) electrons. The lowest BCUT2D eigenvalue weighted by atomic mass is 9.78.